The number of benzene rings is 2. The number of hydrogen-bond donors (Lipinski definition) is 1. The molecule has 0 aliphatic rings. The molecule has 0 atom stereocenters. The van der Waals surface area contributed by atoms with Crippen molar-refractivity contribution in [3.8, 4) is 5.75 Å². The molecule has 0 radical (unpaired) electrons. The summed E-state index contributed by atoms with van der Waals surface area (Å²) in [6.07, 6.45) is 2.52. The molecule has 0 unspecified atom stereocenters. The summed E-state index contributed by atoms with van der Waals surface area (Å²) in [4.78, 5) is 12.2. The lowest BCUT2D eigenvalue weighted by Gasteiger charge is -2.19. The van der Waals surface area contributed by atoms with E-state index in [1.165, 1.54) is 4.31 Å². The molecule has 0 fully saturated rings. The minimum Gasteiger partial charge on any atom is -0.497 e. The molecule has 0 aliphatic heterocycles. The molecule has 0 bridgehead atoms. The maximum Gasteiger partial charge on any atom is 0.239 e. The minimum atomic E-state index is -3.47. The first-order valence-corrected chi connectivity index (χ1v) is 10.2. The average molecular weight is 376 g/mol. The first-order chi connectivity index (χ1) is 12.4. The van der Waals surface area contributed by atoms with Gasteiger partial charge in [-0.05, 0) is 30.5 Å². The number of ether oxygens (including phenoxy) is 1. The van der Waals surface area contributed by atoms with Gasteiger partial charge in [-0.25, -0.2) is 8.42 Å². The molecule has 0 heterocycles. The van der Waals surface area contributed by atoms with E-state index in [-0.39, 0.29) is 12.5 Å². The van der Waals surface area contributed by atoms with Gasteiger partial charge in [0.05, 0.1) is 19.9 Å². The van der Waals surface area contributed by atoms with Gasteiger partial charge in [0.25, 0.3) is 0 Å². The predicted molar refractivity (Wildman–Crippen MR) is 103 cm³/mol. The molecule has 0 spiro atoms. The van der Waals surface area contributed by atoms with Crippen LogP contribution in [0, 0.1) is 0 Å². The Morgan fingerprint density at radius 1 is 1.12 bits per heavy atom. The summed E-state index contributed by atoms with van der Waals surface area (Å²) in [5.74, 6) is 0.231. The summed E-state index contributed by atoms with van der Waals surface area (Å²) >= 11 is 0. The van der Waals surface area contributed by atoms with Crippen LogP contribution in [-0.4, -0.2) is 45.1 Å². The van der Waals surface area contributed by atoms with Crippen LogP contribution in [0.25, 0.3) is 0 Å². The topological polar surface area (TPSA) is 75.7 Å². The number of nitrogens with zero attached hydrogens (tertiary/aromatic N) is 1. The van der Waals surface area contributed by atoms with Crippen molar-refractivity contribution >= 4 is 21.6 Å². The molecular formula is C19H24N2O4S. The van der Waals surface area contributed by atoms with Crippen LogP contribution in [0.1, 0.15) is 12.0 Å². The molecule has 1 amide bonds. The third-order valence-electron chi connectivity index (χ3n) is 3.86. The molecule has 26 heavy (non-hydrogen) atoms. The molecular weight excluding hydrogens is 352 g/mol. The van der Waals surface area contributed by atoms with Gasteiger partial charge in [-0.3, -0.25) is 4.79 Å². The molecule has 0 aromatic heterocycles. The standard InChI is InChI=1S/C19H24N2O4S/c1-25-18-12-6-11-17(14-18)20-19(22)15-21(26(2,23)24)13-7-10-16-8-4-3-5-9-16/h3-6,8-9,11-12,14H,7,10,13,15H2,1-2H3,(H,20,22). The Balaban J connectivity index is 1.93. The van der Waals surface area contributed by atoms with E-state index < -0.39 is 10.0 Å². The number of carbonyl (C=O) groups is 1. The van der Waals surface area contributed by atoms with Gasteiger partial charge in [0.2, 0.25) is 15.9 Å². The average Bonchev–Trinajstić information content (AvgIpc) is 2.61. The van der Waals surface area contributed by atoms with E-state index in [4.69, 9.17) is 4.74 Å². The number of carbonyl (C=O) groups excluding carboxylic acids is 1. The monoisotopic (exact) mass is 376 g/mol. The fourth-order valence-electron chi connectivity index (χ4n) is 2.53. The summed E-state index contributed by atoms with van der Waals surface area (Å²) in [6.45, 7) is 0.0735. The van der Waals surface area contributed by atoms with Crippen molar-refractivity contribution in [2.45, 2.75) is 12.8 Å². The van der Waals surface area contributed by atoms with Gasteiger partial charge in [-0.1, -0.05) is 36.4 Å². The lowest BCUT2D eigenvalue weighted by molar-refractivity contribution is -0.116. The van der Waals surface area contributed by atoms with Crippen molar-refractivity contribution < 1.29 is 17.9 Å². The number of anilines is 1. The SMILES string of the molecule is COc1cccc(NC(=O)CN(CCCc2ccccc2)S(C)(=O)=O)c1. The van der Waals surface area contributed by atoms with Crippen LogP contribution in [0.15, 0.2) is 54.6 Å². The van der Waals surface area contributed by atoms with E-state index in [1.54, 1.807) is 31.4 Å². The van der Waals surface area contributed by atoms with Crippen LogP contribution in [-0.2, 0) is 21.2 Å². The molecule has 1 N–H and O–H groups in total. The number of amides is 1. The van der Waals surface area contributed by atoms with Crippen LogP contribution in [0.3, 0.4) is 0 Å². The number of nitrogens with one attached hydrogen (secondary N) is 1. The van der Waals surface area contributed by atoms with Gasteiger partial charge in [0.1, 0.15) is 5.75 Å². The van der Waals surface area contributed by atoms with E-state index in [2.05, 4.69) is 5.32 Å². The third-order valence-corrected chi connectivity index (χ3v) is 5.11. The summed E-state index contributed by atoms with van der Waals surface area (Å²) in [5.41, 5.74) is 1.70. The Labute approximate surface area is 154 Å². The zero-order chi connectivity index (χ0) is 19.0. The lowest BCUT2D eigenvalue weighted by atomic mass is 10.1. The van der Waals surface area contributed by atoms with Crippen LogP contribution in [0.4, 0.5) is 5.69 Å². The van der Waals surface area contributed by atoms with Crippen molar-refractivity contribution in [3.05, 3.63) is 60.2 Å². The van der Waals surface area contributed by atoms with Crippen molar-refractivity contribution in [2.75, 3.05) is 31.8 Å². The maximum absolute atomic E-state index is 12.2. The predicted octanol–water partition coefficient (Wildman–Crippen LogP) is 2.53. The second-order valence-electron chi connectivity index (χ2n) is 5.97. The number of sulfonamides is 1. The number of methoxy groups -OCH3 is 1. The smallest absolute Gasteiger partial charge is 0.239 e. The molecule has 6 nitrogen and oxygen atoms in total. The van der Waals surface area contributed by atoms with Crippen LogP contribution >= 0.6 is 0 Å². The quantitative estimate of drug-likeness (QED) is 0.730. The highest BCUT2D eigenvalue weighted by molar-refractivity contribution is 7.88. The van der Waals surface area contributed by atoms with Gasteiger partial charge in [-0.15, -0.1) is 0 Å². The van der Waals surface area contributed by atoms with Crippen molar-refractivity contribution in [1.82, 2.24) is 4.31 Å². The van der Waals surface area contributed by atoms with Gasteiger partial charge in [0.15, 0.2) is 0 Å². The zero-order valence-electron chi connectivity index (χ0n) is 15.0. The van der Waals surface area contributed by atoms with E-state index in [9.17, 15) is 13.2 Å². The number of aryl methyl sites for hydroxylation is 1. The maximum atomic E-state index is 12.2. The van der Waals surface area contributed by atoms with Crippen LogP contribution in [0.5, 0.6) is 5.75 Å². The summed E-state index contributed by atoms with van der Waals surface area (Å²) < 4.78 is 30.3. The van der Waals surface area contributed by atoms with Crippen molar-refractivity contribution in [1.29, 1.82) is 0 Å². The number of rotatable bonds is 9. The van der Waals surface area contributed by atoms with Gasteiger partial charge >= 0.3 is 0 Å². The highest BCUT2D eigenvalue weighted by atomic mass is 32.2. The molecule has 0 saturated heterocycles. The Morgan fingerprint density at radius 3 is 2.50 bits per heavy atom. The van der Waals surface area contributed by atoms with Crippen LogP contribution < -0.4 is 10.1 Å². The Hall–Kier alpha value is -2.38. The Morgan fingerprint density at radius 2 is 1.85 bits per heavy atom. The molecule has 7 heteroatoms. The van der Waals surface area contributed by atoms with E-state index in [0.29, 0.717) is 24.4 Å². The highest BCUT2D eigenvalue weighted by Crippen LogP contribution is 2.16. The first kappa shape index (κ1) is 19.9. The first-order valence-electron chi connectivity index (χ1n) is 8.31. The minimum absolute atomic E-state index is 0.217. The summed E-state index contributed by atoms with van der Waals surface area (Å²) in [5, 5.41) is 2.70. The largest absolute Gasteiger partial charge is 0.497 e. The zero-order valence-corrected chi connectivity index (χ0v) is 15.8. The summed E-state index contributed by atoms with van der Waals surface area (Å²) in [6, 6.07) is 16.8. The Kier molecular flexibility index (Phi) is 7.17. The van der Waals surface area contributed by atoms with Gasteiger partial charge < -0.3 is 10.1 Å². The lowest BCUT2D eigenvalue weighted by Crippen LogP contribution is -2.38. The normalized spacial score (nSPS) is 11.3. The van der Waals surface area contributed by atoms with E-state index >= 15 is 0 Å². The molecule has 2 aromatic carbocycles. The van der Waals surface area contributed by atoms with Gasteiger partial charge in [0, 0.05) is 18.3 Å². The number of hydrogen-bond acceptors (Lipinski definition) is 4. The molecule has 140 valence electrons. The molecule has 2 rings (SSSR count). The van der Waals surface area contributed by atoms with E-state index in [1.807, 2.05) is 30.3 Å². The third kappa shape index (κ3) is 6.50. The fourth-order valence-corrected chi connectivity index (χ4v) is 3.34. The second-order valence-corrected chi connectivity index (χ2v) is 7.95. The Bertz CT molecular complexity index is 822. The van der Waals surface area contributed by atoms with Crippen molar-refractivity contribution in [2.24, 2.45) is 0 Å². The van der Waals surface area contributed by atoms with E-state index in [0.717, 1.165) is 18.2 Å². The summed E-state index contributed by atoms with van der Waals surface area (Å²) in [7, 11) is -1.93. The molecule has 0 aliphatic carbocycles. The molecule has 0 saturated carbocycles. The molecule has 2 aromatic rings. The van der Waals surface area contributed by atoms with Crippen LogP contribution in [0.2, 0.25) is 0 Å². The fraction of sp³-hybridized carbons (Fsp3) is 0.316. The van der Waals surface area contributed by atoms with Crippen molar-refractivity contribution in [3.63, 3.8) is 0 Å². The van der Waals surface area contributed by atoms with Gasteiger partial charge in [-0.2, -0.15) is 4.31 Å². The highest BCUT2D eigenvalue weighted by Gasteiger charge is 2.20. The second kappa shape index (κ2) is 9.35.